The van der Waals surface area contributed by atoms with Gasteiger partial charge >= 0.3 is 6.09 Å². The molecule has 4 aromatic carbocycles. The molecule has 0 aromatic heterocycles. The Morgan fingerprint density at radius 2 is 1.34 bits per heavy atom. The van der Waals surface area contributed by atoms with Gasteiger partial charge in [-0.15, -0.1) is 0 Å². The average Bonchev–Trinajstić information content (AvgIpc) is 3.01. The zero-order valence-corrected chi connectivity index (χ0v) is 24.8. The topological polar surface area (TPSA) is 115 Å². The van der Waals surface area contributed by atoms with Crippen molar-refractivity contribution in [3.05, 3.63) is 125 Å². The Hall–Kier alpha value is -5.31. The molecule has 0 aliphatic carbocycles. The number of hydrogen-bond acceptors (Lipinski definition) is 6. The molecule has 5 rings (SSSR count). The van der Waals surface area contributed by atoms with Crippen LogP contribution in [-0.2, 0) is 27.4 Å². The molecule has 0 radical (unpaired) electrons. The summed E-state index contributed by atoms with van der Waals surface area (Å²) in [5.41, 5.74) is 7.47. The first-order valence-electron chi connectivity index (χ1n) is 14.4. The highest BCUT2D eigenvalue weighted by atomic mass is 16.6. The Bertz CT molecular complexity index is 1570. The molecule has 0 saturated carbocycles. The Morgan fingerprint density at radius 1 is 0.750 bits per heavy atom. The van der Waals surface area contributed by atoms with Crippen molar-refractivity contribution in [1.82, 2.24) is 16.2 Å². The normalized spacial score (nSPS) is 12.9. The van der Waals surface area contributed by atoms with E-state index >= 15 is 0 Å². The van der Waals surface area contributed by atoms with Crippen LogP contribution in [0.15, 0.2) is 103 Å². The van der Waals surface area contributed by atoms with Crippen molar-refractivity contribution < 1.29 is 28.6 Å². The van der Waals surface area contributed by atoms with E-state index in [0.29, 0.717) is 35.0 Å². The summed E-state index contributed by atoms with van der Waals surface area (Å²) in [7, 11) is 0. The van der Waals surface area contributed by atoms with Crippen LogP contribution in [0.4, 0.5) is 4.79 Å². The second-order valence-corrected chi connectivity index (χ2v) is 11.4. The van der Waals surface area contributed by atoms with Gasteiger partial charge in [-0.1, -0.05) is 78.9 Å². The van der Waals surface area contributed by atoms with E-state index in [2.05, 4.69) is 16.2 Å². The van der Waals surface area contributed by atoms with Crippen LogP contribution in [0.25, 0.3) is 0 Å². The van der Waals surface area contributed by atoms with Crippen LogP contribution >= 0.6 is 0 Å². The van der Waals surface area contributed by atoms with E-state index in [9.17, 15) is 14.4 Å². The monoisotopic (exact) mass is 593 g/mol. The largest absolute Gasteiger partial charge is 0.489 e. The third-order valence-electron chi connectivity index (χ3n) is 6.87. The molecule has 0 bridgehead atoms. The van der Waals surface area contributed by atoms with Crippen LogP contribution in [0, 0.1) is 0 Å². The first-order chi connectivity index (χ1) is 21.2. The van der Waals surface area contributed by atoms with Gasteiger partial charge in [-0.3, -0.25) is 20.4 Å². The maximum Gasteiger partial charge on any atom is 0.408 e. The van der Waals surface area contributed by atoms with E-state index in [1.165, 1.54) is 0 Å². The van der Waals surface area contributed by atoms with Gasteiger partial charge in [0.2, 0.25) is 0 Å². The Kier molecular flexibility index (Phi) is 9.14. The van der Waals surface area contributed by atoms with Crippen LogP contribution in [0.1, 0.15) is 48.9 Å². The van der Waals surface area contributed by atoms with E-state index in [4.69, 9.17) is 14.2 Å². The molecule has 0 saturated heterocycles. The first-order valence-corrected chi connectivity index (χ1v) is 14.4. The van der Waals surface area contributed by atoms with E-state index in [-0.39, 0.29) is 6.42 Å². The van der Waals surface area contributed by atoms with Crippen molar-refractivity contribution in [2.24, 2.45) is 0 Å². The van der Waals surface area contributed by atoms with Crippen LogP contribution in [0.2, 0.25) is 0 Å². The smallest absolute Gasteiger partial charge is 0.408 e. The van der Waals surface area contributed by atoms with Crippen LogP contribution in [-0.4, -0.2) is 29.6 Å². The zero-order chi connectivity index (χ0) is 31.1. The molecular weight excluding hydrogens is 558 g/mol. The van der Waals surface area contributed by atoms with Gasteiger partial charge in [0.25, 0.3) is 11.8 Å². The van der Waals surface area contributed by atoms with Gasteiger partial charge in [0.05, 0.1) is 5.92 Å². The highest BCUT2D eigenvalue weighted by Gasteiger charge is 2.33. The van der Waals surface area contributed by atoms with Crippen molar-refractivity contribution in [2.75, 3.05) is 0 Å². The number of para-hydroxylation sites is 2. The van der Waals surface area contributed by atoms with E-state index in [1.54, 1.807) is 32.9 Å². The number of hydrazine groups is 1. The lowest BCUT2D eigenvalue weighted by atomic mass is 9.87. The van der Waals surface area contributed by atoms with Crippen LogP contribution in [0.5, 0.6) is 17.2 Å². The summed E-state index contributed by atoms with van der Waals surface area (Å²) in [4.78, 5) is 39.6. The van der Waals surface area contributed by atoms with Crippen LogP contribution in [0.3, 0.4) is 0 Å². The fourth-order valence-corrected chi connectivity index (χ4v) is 4.83. The summed E-state index contributed by atoms with van der Waals surface area (Å²) >= 11 is 0. The lowest BCUT2D eigenvalue weighted by molar-refractivity contribution is -0.130. The molecule has 9 nitrogen and oxygen atoms in total. The molecule has 1 aliphatic heterocycles. The summed E-state index contributed by atoms with van der Waals surface area (Å²) in [5.74, 6) is 0.0385. The molecule has 1 heterocycles. The number of rotatable bonds is 8. The van der Waals surface area contributed by atoms with Crippen LogP contribution < -0.4 is 25.6 Å². The number of hydrogen-bond donors (Lipinski definition) is 3. The molecule has 0 spiro atoms. The number of benzene rings is 4. The van der Waals surface area contributed by atoms with Gasteiger partial charge in [-0.25, -0.2) is 4.79 Å². The summed E-state index contributed by atoms with van der Waals surface area (Å²) in [6.07, 6.45) is -0.609. The summed E-state index contributed by atoms with van der Waals surface area (Å²) in [5, 5.41) is 2.64. The maximum absolute atomic E-state index is 13.5. The molecule has 3 N–H and O–H groups in total. The van der Waals surface area contributed by atoms with Gasteiger partial charge in [0, 0.05) is 17.5 Å². The minimum atomic E-state index is -1.05. The van der Waals surface area contributed by atoms with Crippen molar-refractivity contribution in [2.45, 2.75) is 51.4 Å². The van der Waals surface area contributed by atoms with Crippen molar-refractivity contribution >= 4 is 17.9 Å². The van der Waals surface area contributed by atoms with Crippen molar-refractivity contribution in [1.29, 1.82) is 0 Å². The lowest BCUT2D eigenvalue weighted by Crippen LogP contribution is -2.54. The number of alkyl carbamates (subject to hydrolysis) is 1. The molecule has 4 aromatic rings. The van der Waals surface area contributed by atoms with E-state index in [1.807, 2.05) is 91.0 Å². The molecule has 226 valence electrons. The zero-order valence-electron chi connectivity index (χ0n) is 24.8. The third-order valence-corrected chi connectivity index (χ3v) is 6.87. The number of nitrogens with one attached hydrogen (secondary N) is 3. The minimum Gasteiger partial charge on any atom is -0.489 e. The SMILES string of the molecule is CC(C)(C)OC(=O)N[C@@H](Cc1ccc(OCc2ccccc2)cc1)C(=O)NNC(=O)C1c2ccccc2Oc2ccccc21. The summed E-state index contributed by atoms with van der Waals surface area (Å²) < 4.78 is 17.2. The highest BCUT2D eigenvalue weighted by Crippen LogP contribution is 2.43. The fraction of sp³-hybridized carbons (Fsp3) is 0.229. The molecule has 0 fully saturated rings. The molecule has 0 unspecified atom stereocenters. The van der Waals surface area contributed by atoms with Gasteiger partial charge in [-0.2, -0.15) is 0 Å². The number of ether oxygens (including phenoxy) is 3. The summed E-state index contributed by atoms with van der Waals surface area (Å²) in [6, 6.07) is 30.6. The first kappa shape index (κ1) is 30.2. The van der Waals surface area contributed by atoms with E-state index < -0.39 is 35.5 Å². The minimum absolute atomic E-state index is 0.142. The second-order valence-electron chi connectivity index (χ2n) is 11.4. The van der Waals surface area contributed by atoms with Gasteiger partial charge in [-0.05, 0) is 56.2 Å². The fourth-order valence-electron chi connectivity index (χ4n) is 4.83. The van der Waals surface area contributed by atoms with E-state index in [0.717, 1.165) is 11.1 Å². The number of carbonyl (C=O) groups excluding carboxylic acids is 3. The Labute approximate surface area is 256 Å². The number of amides is 3. The molecular formula is C35H35N3O6. The lowest BCUT2D eigenvalue weighted by Gasteiger charge is -2.28. The predicted octanol–water partition coefficient (Wildman–Crippen LogP) is 5.79. The standard InChI is InChI=1S/C35H35N3O6/c1-35(2,3)44-34(41)36-28(21-23-17-19-25(20-18-23)42-22-24-11-5-4-6-12-24)32(39)37-38-33(40)31-26-13-7-9-15-29(26)43-30-16-10-8-14-27(30)31/h4-20,28,31H,21-22H2,1-3H3,(H,36,41)(H,37,39)(H,38,40)/t28-/m0/s1. The highest BCUT2D eigenvalue weighted by molar-refractivity contribution is 5.93. The second kappa shape index (κ2) is 13.3. The maximum atomic E-state index is 13.5. The van der Waals surface area contributed by atoms with Gasteiger partial charge in [0.15, 0.2) is 0 Å². The third kappa shape index (κ3) is 7.74. The predicted molar refractivity (Wildman–Crippen MR) is 165 cm³/mol. The molecule has 3 amide bonds. The number of fused-ring (bicyclic) bond motifs is 2. The quantitative estimate of drug-likeness (QED) is 0.223. The summed E-state index contributed by atoms with van der Waals surface area (Å²) in [6.45, 7) is 5.63. The molecule has 1 atom stereocenters. The number of carbonyl (C=O) groups is 3. The van der Waals surface area contributed by atoms with Crippen molar-refractivity contribution in [3.8, 4) is 17.2 Å². The average molecular weight is 594 g/mol. The van der Waals surface area contributed by atoms with Crippen molar-refractivity contribution in [3.63, 3.8) is 0 Å². The molecule has 1 aliphatic rings. The Balaban J connectivity index is 1.27. The van der Waals surface area contributed by atoms with Gasteiger partial charge in [0.1, 0.15) is 35.5 Å². The molecule has 44 heavy (non-hydrogen) atoms. The molecule has 9 heteroatoms. The van der Waals surface area contributed by atoms with Gasteiger partial charge < -0.3 is 19.5 Å². The Morgan fingerprint density at radius 3 is 1.95 bits per heavy atom.